The van der Waals surface area contributed by atoms with Crippen LogP contribution in [-0.2, 0) is 7.05 Å². The van der Waals surface area contributed by atoms with Gasteiger partial charge in [0.25, 0.3) is 5.91 Å². The Kier molecular flexibility index (Phi) is 5.39. The maximum atomic E-state index is 15.2. The number of carbonyl (C=O) groups excluding carboxylic acids is 1. The van der Waals surface area contributed by atoms with Crippen molar-refractivity contribution in [2.75, 3.05) is 9.80 Å². The molecule has 1 aliphatic rings. The molecule has 4 rings (SSSR count). The van der Waals surface area contributed by atoms with Crippen molar-refractivity contribution in [2.45, 2.75) is 26.2 Å². The molecular weight excluding hydrogens is 421 g/mol. The quantitative estimate of drug-likeness (QED) is 0.621. The van der Waals surface area contributed by atoms with E-state index >= 15 is 4.39 Å². The number of fused-ring (bicyclic) bond motifs is 1. The molecule has 0 aliphatic carbocycles. The van der Waals surface area contributed by atoms with Crippen molar-refractivity contribution in [2.24, 2.45) is 7.05 Å². The largest absolute Gasteiger partial charge is 0.356 e. The third-order valence-corrected chi connectivity index (χ3v) is 5.10. The van der Waals surface area contributed by atoms with E-state index in [0.29, 0.717) is 16.8 Å². The van der Waals surface area contributed by atoms with Gasteiger partial charge < -0.3 is 10.0 Å². The van der Waals surface area contributed by atoms with E-state index in [4.69, 9.17) is 11.6 Å². The van der Waals surface area contributed by atoms with Crippen LogP contribution in [0.15, 0.2) is 42.9 Å². The van der Waals surface area contributed by atoms with Crippen LogP contribution in [0.1, 0.15) is 35.5 Å². The first kappa shape index (κ1) is 20.8. The number of hydrogen-bond donors (Lipinski definition) is 1. The number of amides is 1. The van der Waals surface area contributed by atoms with Gasteiger partial charge in [-0.05, 0) is 38.1 Å². The van der Waals surface area contributed by atoms with Crippen molar-refractivity contribution < 1.29 is 14.3 Å². The zero-order valence-electron chi connectivity index (χ0n) is 17.0. The van der Waals surface area contributed by atoms with Gasteiger partial charge in [0.15, 0.2) is 5.69 Å². The van der Waals surface area contributed by atoms with Crippen LogP contribution in [0.3, 0.4) is 0 Å². The van der Waals surface area contributed by atoms with Gasteiger partial charge in [0.1, 0.15) is 11.5 Å². The third-order valence-electron chi connectivity index (χ3n) is 4.82. The van der Waals surface area contributed by atoms with E-state index in [2.05, 4.69) is 21.9 Å². The monoisotopic (exact) mass is 439 g/mol. The second-order valence-corrected chi connectivity index (χ2v) is 7.75. The first-order chi connectivity index (χ1) is 14.8. The summed E-state index contributed by atoms with van der Waals surface area (Å²) in [6.07, 6.45) is 3.41. The van der Waals surface area contributed by atoms with Gasteiger partial charge in [-0.1, -0.05) is 23.4 Å². The Morgan fingerprint density at radius 1 is 1.26 bits per heavy atom. The Hall–Kier alpha value is -3.41. The normalized spacial score (nSPS) is 15.7. The molecule has 1 amide bonds. The molecule has 0 saturated carbocycles. The second kappa shape index (κ2) is 8.02. The maximum Gasteiger partial charge on any atom is 0.284 e. The average Bonchev–Trinajstić information content (AvgIpc) is 3.10. The van der Waals surface area contributed by atoms with Crippen LogP contribution in [-0.4, -0.2) is 38.2 Å². The van der Waals surface area contributed by atoms with Crippen molar-refractivity contribution in [3.63, 3.8) is 0 Å². The Morgan fingerprint density at radius 2 is 2.00 bits per heavy atom. The smallest absolute Gasteiger partial charge is 0.284 e. The fourth-order valence-electron chi connectivity index (χ4n) is 3.50. The van der Waals surface area contributed by atoms with E-state index in [1.165, 1.54) is 16.8 Å². The van der Waals surface area contributed by atoms with E-state index in [1.54, 1.807) is 42.7 Å². The van der Waals surface area contributed by atoms with E-state index in [9.17, 15) is 9.90 Å². The summed E-state index contributed by atoms with van der Waals surface area (Å²) in [5, 5.41) is 15.1. The molecule has 7 nitrogen and oxygen atoms in total. The average molecular weight is 440 g/mol. The van der Waals surface area contributed by atoms with Crippen LogP contribution in [0.2, 0.25) is 5.02 Å². The summed E-state index contributed by atoms with van der Waals surface area (Å²) < 4.78 is 16.6. The van der Waals surface area contributed by atoms with Gasteiger partial charge in [0.2, 0.25) is 6.35 Å². The van der Waals surface area contributed by atoms with Crippen molar-refractivity contribution in [1.29, 1.82) is 0 Å². The van der Waals surface area contributed by atoms with E-state index in [1.807, 2.05) is 13.8 Å². The van der Waals surface area contributed by atoms with Crippen LogP contribution in [0.25, 0.3) is 0 Å². The van der Waals surface area contributed by atoms with Crippen molar-refractivity contribution in [1.82, 2.24) is 14.8 Å². The molecule has 1 aromatic carbocycles. The van der Waals surface area contributed by atoms with Crippen molar-refractivity contribution in [3.05, 3.63) is 70.5 Å². The van der Waals surface area contributed by atoms with Crippen molar-refractivity contribution >= 4 is 28.9 Å². The zero-order chi connectivity index (χ0) is 22.3. The van der Waals surface area contributed by atoms with Gasteiger partial charge in [-0.2, -0.15) is 5.10 Å². The molecule has 0 bridgehead atoms. The zero-order valence-corrected chi connectivity index (χ0v) is 17.8. The van der Waals surface area contributed by atoms with Crippen LogP contribution in [0, 0.1) is 17.7 Å². The summed E-state index contributed by atoms with van der Waals surface area (Å²) in [6.45, 7) is 3.70. The molecule has 1 atom stereocenters. The lowest BCUT2D eigenvalue weighted by atomic mass is 10.1. The van der Waals surface area contributed by atoms with Gasteiger partial charge >= 0.3 is 0 Å². The molecule has 3 aromatic rings. The van der Waals surface area contributed by atoms with Gasteiger partial charge in [-0.3, -0.25) is 19.4 Å². The van der Waals surface area contributed by atoms with E-state index in [-0.39, 0.29) is 22.4 Å². The number of halogens is 2. The lowest BCUT2D eigenvalue weighted by molar-refractivity contribution is 0.0839. The van der Waals surface area contributed by atoms with Crippen LogP contribution in [0.4, 0.5) is 15.8 Å². The standard InChI is InChI=1S/C22H19ClFN5O2/c1-13(2)28-18-12-27(3)26-19(18)21(30)29(22(28)31)20-16(23)9-15(10-17(20)24)7-6-14-5-4-8-25-11-14/h4-5,8-13,22,31H,1-3H3. The molecule has 158 valence electrons. The predicted octanol–water partition coefficient (Wildman–Crippen LogP) is 3.16. The number of carbonyl (C=O) groups is 1. The molecule has 31 heavy (non-hydrogen) atoms. The summed E-state index contributed by atoms with van der Waals surface area (Å²) in [7, 11) is 1.67. The minimum atomic E-state index is -1.46. The van der Waals surface area contributed by atoms with Crippen LogP contribution >= 0.6 is 11.6 Å². The minimum absolute atomic E-state index is 0.0500. The highest BCUT2D eigenvalue weighted by Gasteiger charge is 2.42. The highest BCUT2D eigenvalue weighted by molar-refractivity contribution is 6.34. The van der Waals surface area contributed by atoms with E-state index < -0.39 is 18.1 Å². The molecule has 0 saturated heterocycles. The SMILES string of the molecule is CC(C)N1c2cn(C)nc2C(=O)N(c2c(F)cc(C#Cc3cccnc3)cc2Cl)C1O. The Balaban J connectivity index is 1.77. The van der Waals surface area contributed by atoms with Crippen LogP contribution < -0.4 is 9.80 Å². The number of aliphatic hydroxyl groups is 1. The molecular formula is C22H19ClFN5O2. The highest BCUT2D eigenvalue weighted by atomic mass is 35.5. The number of aromatic nitrogens is 3. The molecule has 9 heteroatoms. The molecule has 1 unspecified atom stereocenters. The molecule has 1 aliphatic heterocycles. The first-order valence-corrected chi connectivity index (χ1v) is 9.90. The highest BCUT2D eigenvalue weighted by Crippen LogP contribution is 2.38. The Bertz CT molecular complexity index is 1190. The van der Waals surface area contributed by atoms with Crippen molar-refractivity contribution in [3.8, 4) is 11.8 Å². The molecule has 3 heterocycles. The number of pyridine rings is 1. The van der Waals surface area contributed by atoms with Gasteiger partial charge in [-0.15, -0.1) is 0 Å². The second-order valence-electron chi connectivity index (χ2n) is 7.34. The Morgan fingerprint density at radius 3 is 2.65 bits per heavy atom. The first-order valence-electron chi connectivity index (χ1n) is 9.52. The third kappa shape index (κ3) is 3.74. The minimum Gasteiger partial charge on any atom is -0.356 e. The molecule has 1 N–H and O–H groups in total. The molecule has 2 aromatic heterocycles. The lowest BCUT2D eigenvalue weighted by Gasteiger charge is -2.42. The number of benzene rings is 1. The molecule has 0 radical (unpaired) electrons. The summed E-state index contributed by atoms with van der Waals surface area (Å²) in [5.74, 6) is 4.29. The number of nitrogens with zero attached hydrogens (tertiary/aromatic N) is 5. The molecule has 0 spiro atoms. The Labute approximate surface area is 183 Å². The number of aryl methyl sites for hydroxylation is 1. The summed E-state index contributed by atoms with van der Waals surface area (Å²) in [6, 6.07) is 5.96. The fraction of sp³-hybridized carbons (Fsp3) is 0.227. The van der Waals surface area contributed by atoms with Gasteiger partial charge in [0, 0.05) is 42.8 Å². The number of rotatable bonds is 2. The van der Waals surface area contributed by atoms with Gasteiger partial charge in [-0.25, -0.2) is 4.39 Å². The topological polar surface area (TPSA) is 74.5 Å². The van der Waals surface area contributed by atoms with Crippen LogP contribution in [0.5, 0.6) is 0 Å². The maximum absolute atomic E-state index is 15.2. The van der Waals surface area contributed by atoms with Gasteiger partial charge in [0.05, 0.1) is 10.7 Å². The number of anilines is 2. The summed E-state index contributed by atoms with van der Waals surface area (Å²) >= 11 is 6.37. The van der Waals surface area contributed by atoms with E-state index in [0.717, 1.165) is 4.90 Å². The predicted molar refractivity (Wildman–Crippen MR) is 115 cm³/mol. The number of hydrogen-bond acceptors (Lipinski definition) is 5. The summed E-state index contributed by atoms with van der Waals surface area (Å²) in [4.78, 5) is 19.6. The molecule has 0 fully saturated rings. The fourth-order valence-corrected chi connectivity index (χ4v) is 3.79. The number of aliphatic hydroxyl groups excluding tert-OH is 1. The summed E-state index contributed by atoms with van der Waals surface area (Å²) in [5.41, 5.74) is 1.35. The lowest BCUT2D eigenvalue weighted by Crippen LogP contribution is -2.58.